The maximum absolute atomic E-state index is 13.0. The maximum Gasteiger partial charge on any atom is 0.262 e. The van der Waals surface area contributed by atoms with E-state index < -0.39 is 15.8 Å². The van der Waals surface area contributed by atoms with Crippen LogP contribution in [0, 0.1) is 12.7 Å². The Hall–Kier alpha value is -1.66. The van der Waals surface area contributed by atoms with Crippen LogP contribution in [-0.2, 0) is 10.0 Å². The quantitative estimate of drug-likeness (QED) is 0.887. The molecule has 0 saturated carbocycles. The van der Waals surface area contributed by atoms with Crippen LogP contribution in [0.2, 0.25) is 5.15 Å². The summed E-state index contributed by atoms with van der Waals surface area (Å²) in [6.45, 7) is 1.75. The van der Waals surface area contributed by atoms with Gasteiger partial charge in [0.2, 0.25) is 0 Å². The van der Waals surface area contributed by atoms with Crippen LogP contribution >= 0.6 is 11.6 Å². The van der Waals surface area contributed by atoms with Gasteiger partial charge >= 0.3 is 0 Å². The third-order valence-corrected chi connectivity index (χ3v) is 3.99. The maximum atomic E-state index is 13.0. The third-order valence-electron chi connectivity index (χ3n) is 2.33. The molecule has 0 spiro atoms. The lowest BCUT2D eigenvalue weighted by Crippen LogP contribution is -2.13. The van der Waals surface area contributed by atoms with Crippen LogP contribution in [0.3, 0.4) is 0 Å². The fourth-order valence-electron chi connectivity index (χ4n) is 1.46. The van der Waals surface area contributed by atoms with Gasteiger partial charge in [-0.25, -0.2) is 17.8 Å². The first kappa shape index (κ1) is 13.8. The van der Waals surface area contributed by atoms with E-state index in [-0.39, 0.29) is 15.7 Å². The molecule has 2 aromatic rings. The molecular formula is C12H10ClFN2O2S. The molecule has 4 nitrogen and oxygen atoms in total. The van der Waals surface area contributed by atoms with E-state index in [1.54, 1.807) is 13.0 Å². The van der Waals surface area contributed by atoms with Crippen molar-refractivity contribution in [3.63, 3.8) is 0 Å². The van der Waals surface area contributed by atoms with Gasteiger partial charge in [-0.1, -0.05) is 17.7 Å². The SMILES string of the molecule is Cc1cnc(Cl)c(NS(=O)(=O)c2cccc(F)c2)c1. The Morgan fingerprint density at radius 1 is 1.32 bits per heavy atom. The fraction of sp³-hybridized carbons (Fsp3) is 0.0833. The van der Waals surface area contributed by atoms with E-state index in [1.165, 1.54) is 24.4 Å². The number of anilines is 1. The predicted octanol–water partition coefficient (Wildman–Crippen LogP) is 2.98. The number of halogens is 2. The lowest BCUT2D eigenvalue weighted by Gasteiger charge is -2.09. The van der Waals surface area contributed by atoms with Crippen molar-refractivity contribution < 1.29 is 12.8 Å². The largest absolute Gasteiger partial charge is 0.276 e. The van der Waals surface area contributed by atoms with Gasteiger partial charge in [-0.05, 0) is 36.8 Å². The Bertz CT molecular complexity index is 719. The number of benzene rings is 1. The average Bonchev–Trinajstić information content (AvgIpc) is 2.33. The molecule has 1 N–H and O–H groups in total. The van der Waals surface area contributed by atoms with E-state index >= 15 is 0 Å². The van der Waals surface area contributed by atoms with Crippen molar-refractivity contribution in [1.29, 1.82) is 0 Å². The van der Waals surface area contributed by atoms with Gasteiger partial charge in [-0.3, -0.25) is 4.72 Å². The van der Waals surface area contributed by atoms with Crippen molar-refractivity contribution >= 4 is 27.3 Å². The number of hydrogen-bond acceptors (Lipinski definition) is 3. The van der Waals surface area contributed by atoms with Crippen LogP contribution < -0.4 is 4.72 Å². The van der Waals surface area contributed by atoms with Gasteiger partial charge in [0.1, 0.15) is 5.82 Å². The molecule has 0 saturated heterocycles. The highest BCUT2D eigenvalue weighted by molar-refractivity contribution is 7.92. The molecule has 0 bridgehead atoms. The second kappa shape index (κ2) is 5.14. The Labute approximate surface area is 115 Å². The highest BCUT2D eigenvalue weighted by atomic mass is 35.5. The molecule has 0 amide bonds. The van der Waals surface area contributed by atoms with Crippen molar-refractivity contribution in [2.24, 2.45) is 0 Å². The molecule has 0 fully saturated rings. The Morgan fingerprint density at radius 3 is 2.74 bits per heavy atom. The Kier molecular flexibility index (Phi) is 3.73. The summed E-state index contributed by atoms with van der Waals surface area (Å²) in [6, 6.07) is 6.26. The average molecular weight is 301 g/mol. The van der Waals surface area contributed by atoms with Crippen molar-refractivity contribution in [1.82, 2.24) is 4.98 Å². The first-order valence-corrected chi connectivity index (χ1v) is 7.15. The number of aromatic nitrogens is 1. The van der Waals surface area contributed by atoms with E-state index in [1.807, 2.05) is 0 Å². The monoisotopic (exact) mass is 300 g/mol. The summed E-state index contributed by atoms with van der Waals surface area (Å²) in [5, 5.41) is 0.0329. The lowest BCUT2D eigenvalue weighted by atomic mass is 10.3. The van der Waals surface area contributed by atoms with E-state index in [9.17, 15) is 12.8 Å². The van der Waals surface area contributed by atoms with Crippen molar-refractivity contribution in [2.75, 3.05) is 4.72 Å². The smallest absolute Gasteiger partial charge is 0.262 e. The standard InChI is InChI=1S/C12H10ClFN2O2S/c1-8-5-11(12(13)15-7-8)16-19(17,18)10-4-2-3-9(14)6-10/h2-7,16H,1H3. The van der Waals surface area contributed by atoms with Crippen LogP contribution in [0.1, 0.15) is 5.56 Å². The van der Waals surface area contributed by atoms with Gasteiger partial charge in [-0.2, -0.15) is 0 Å². The van der Waals surface area contributed by atoms with Gasteiger partial charge < -0.3 is 0 Å². The van der Waals surface area contributed by atoms with Gasteiger partial charge in [0.25, 0.3) is 10.0 Å². The summed E-state index contributed by atoms with van der Waals surface area (Å²) < 4.78 is 39.4. The van der Waals surface area contributed by atoms with E-state index in [0.29, 0.717) is 0 Å². The fourth-order valence-corrected chi connectivity index (χ4v) is 2.76. The molecule has 100 valence electrons. The highest BCUT2D eigenvalue weighted by Crippen LogP contribution is 2.23. The summed E-state index contributed by atoms with van der Waals surface area (Å²) in [4.78, 5) is 3.66. The molecule has 1 heterocycles. The molecule has 0 radical (unpaired) electrons. The zero-order valence-corrected chi connectivity index (χ0v) is 11.5. The summed E-state index contributed by atoms with van der Waals surface area (Å²) in [6.07, 6.45) is 1.52. The summed E-state index contributed by atoms with van der Waals surface area (Å²) in [7, 11) is -3.89. The van der Waals surface area contributed by atoms with Gasteiger partial charge in [0, 0.05) is 6.20 Å². The zero-order chi connectivity index (χ0) is 14.0. The van der Waals surface area contributed by atoms with Crippen LogP contribution in [0.25, 0.3) is 0 Å². The van der Waals surface area contributed by atoms with Crippen molar-refractivity contribution in [3.05, 3.63) is 53.1 Å². The molecular weight excluding hydrogens is 291 g/mol. The second-order valence-electron chi connectivity index (χ2n) is 3.91. The summed E-state index contributed by atoms with van der Waals surface area (Å²) in [5.74, 6) is -0.628. The van der Waals surface area contributed by atoms with Crippen LogP contribution in [-0.4, -0.2) is 13.4 Å². The molecule has 0 aliphatic carbocycles. The minimum Gasteiger partial charge on any atom is -0.276 e. The minimum absolute atomic E-state index is 0.0329. The molecule has 1 aromatic heterocycles. The normalized spacial score (nSPS) is 11.3. The van der Waals surface area contributed by atoms with Gasteiger partial charge in [0.15, 0.2) is 5.15 Å². The molecule has 0 aliphatic rings. The number of hydrogen-bond donors (Lipinski definition) is 1. The number of aryl methyl sites for hydroxylation is 1. The number of rotatable bonds is 3. The van der Waals surface area contributed by atoms with E-state index in [0.717, 1.165) is 11.6 Å². The number of sulfonamides is 1. The zero-order valence-electron chi connectivity index (χ0n) is 9.89. The van der Waals surface area contributed by atoms with E-state index in [2.05, 4.69) is 9.71 Å². The van der Waals surface area contributed by atoms with Crippen LogP contribution in [0.5, 0.6) is 0 Å². The topological polar surface area (TPSA) is 59.1 Å². The van der Waals surface area contributed by atoms with Crippen LogP contribution in [0.4, 0.5) is 10.1 Å². The van der Waals surface area contributed by atoms with E-state index in [4.69, 9.17) is 11.6 Å². The van der Waals surface area contributed by atoms with Crippen LogP contribution in [0.15, 0.2) is 41.4 Å². The van der Waals surface area contributed by atoms with Gasteiger partial charge in [0.05, 0.1) is 10.6 Å². The Balaban J connectivity index is 2.39. The number of pyridine rings is 1. The minimum atomic E-state index is -3.89. The van der Waals surface area contributed by atoms with Gasteiger partial charge in [-0.15, -0.1) is 0 Å². The molecule has 1 aromatic carbocycles. The lowest BCUT2D eigenvalue weighted by molar-refractivity contribution is 0.595. The molecule has 0 unspecified atom stereocenters. The molecule has 0 atom stereocenters. The third kappa shape index (κ3) is 3.21. The first-order valence-electron chi connectivity index (χ1n) is 5.29. The number of nitrogens with zero attached hydrogens (tertiary/aromatic N) is 1. The molecule has 7 heteroatoms. The predicted molar refractivity (Wildman–Crippen MR) is 71.2 cm³/mol. The Morgan fingerprint density at radius 2 is 2.05 bits per heavy atom. The second-order valence-corrected chi connectivity index (χ2v) is 5.95. The molecule has 19 heavy (non-hydrogen) atoms. The van der Waals surface area contributed by atoms with Crippen molar-refractivity contribution in [3.8, 4) is 0 Å². The molecule has 2 rings (SSSR count). The van der Waals surface area contributed by atoms with Crippen molar-refractivity contribution in [2.45, 2.75) is 11.8 Å². The summed E-state index contributed by atoms with van der Waals surface area (Å²) in [5.41, 5.74) is 0.910. The molecule has 0 aliphatic heterocycles. The first-order chi connectivity index (χ1) is 8.88. The number of nitrogens with one attached hydrogen (secondary N) is 1. The summed E-state index contributed by atoms with van der Waals surface area (Å²) >= 11 is 5.81. The highest BCUT2D eigenvalue weighted by Gasteiger charge is 2.16.